The molecule has 2 rings (SSSR count). The summed E-state index contributed by atoms with van der Waals surface area (Å²) in [6, 6.07) is 13.0. The summed E-state index contributed by atoms with van der Waals surface area (Å²) in [7, 11) is 0. The lowest BCUT2D eigenvalue weighted by molar-refractivity contribution is 0.645. The lowest BCUT2D eigenvalue weighted by atomic mass is 10.2. The van der Waals surface area contributed by atoms with Crippen molar-refractivity contribution in [3.05, 3.63) is 59.0 Å². The van der Waals surface area contributed by atoms with Crippen molar-refractivity contribution in [2.45, 2.75) is 13.5 Å². The van der Waals surface area contributed by atoms with Gasteiger partial charge < -0.3 is 15.2 Å². The van der Waals surface area contributed by atoms with Crippen LogP contribution in [-0.4, -0.2) is 17.7 Å². The molecule has 0 radical (unpaired) electrons. The van der Waals surface area contributed by atoms with E-state index in [1.807, 2.05) is 36.5 Å². The number of hydrogen-bond donors (Lipinski definition) is 1. The van der Waals surface area contributed by atoms with Crippen LogP contribution in [0.15, 0.2) is 53.5 Å². The second kappa shape index (κ2) is 6.09. The van der Waals surface area contributed by atoms with Gasteiger partial charge in [-0.05, 0) is 31.2 Å². The fourth-order valence-electron chi connectivity index (χ4n) is 2.07. The van der Waals surface area contributed by atoms with Gasteiger partial charge in [0.15, 0.2) is 0 Å². The predicted molar refractivity (Wildman–Crippen MR) is 79.4 cm³/mol. The third-order valence-electron chi connectivity index (χ3n) is 3.13. The Hall–Kier alpha value is -2.23. The van der Waals surface area contributed by atoms with Crippen LogP contribution in [0, 0.1) is 0 Å². The highest BCUT2D eigenvalue weighted by Crippen LogP contribution is 2.17. The third-order valence-corrected chi connectivity index (χ3v) is 3.13. The molecule has 0 saturated carbocycles. The standard InChI is InChI=1S/C15H19N3O/c1-2-17(14-7-5-6-13(16)12-14)10-11-18-9-4-3-8-15(18)19/h3-9,12H,2,10-11,16H2,1H3. The second-order valence-electron chi connectivity index (χ2n) is 4.41. The molecule has 0 atom stereocenters. The molecule has 0 fully saturated rings. The molecule has 2 aromatic rings. The van der Waals surface area contributed by atoms with Gasteiger partial charge in [-0.1, -0.05) is 12.1 Å². The topological polar surface area (TPSA) is 51.3 Å². The van der Waals surface area contributed by atoms with E-state index in [9.17, 15) is 4.79 Å². The summed E-state index contributed by atoms with van der Waals surface area (Å²) < 4.78 is 1.72. The average Bonchev–Trinajstić information content (AvgIpc) is 2.41. The van der Waals surface area contributed by atoms with Crippen molar-refractivity contribution in [3.63, 3.8) is 0 Å². The van der Waals surface area contributed by atoms with Crippen LogP contribution in [0.25, 0.3) is 0 Å². The Morgan fingerprint density at radius 3 is 2.74 bits per heavy atom. The van der Waals surface area contributed by atoms with E-state index in [-0.39, 0.29) is 5.56 Å². The first-order chi connectivity index (χ1) is 9.20. The van der Waals surface area contributed by atoms with E-state index in [2.05, 4.69) is 11.8 Å². The predicted octanol–water partition coefficient (Wildman–Crippen LogP) is 1.96. The van der Waals surface area contributed by atoms with Gasteiger partial charge in [0, 0.05) is 43.3 Å². The zero-order valence-electron chi connectivity index (χ0n) is 11.1. The average molecular weight is 257 g/mol. The summed E-state index contributed by atoms with van der Waals surface area (Å²) >= 11 is 0. The Morgan fingerprint density at radius 1 is 1.21 bits per heavy atom. The number of nitrogen functional groups attached to an aromatic ring is 1. The minimum Gasteiger partial charge on any atom is -0.399 e. The first kappa shape index (κ1) is 13.2. The van der Waals surface area contributed by atoms with Crippen molar-refractivity contribution in [2.75, 3.05) is 23.7 Å². The molecule has 0 bridgehead atoms. The van der Waals surface area contributed by atoms with Crippen LogP contribution >= 0.6 is 0 Å². The van der Waals surface area contributed by atoms with Gasteiger partial charge >= 0.3 is 0 Å². The maximum atomic E-state index is 11.6. The van der Waals surface area contributed by atoms with E-state index in [1.54, 1.807) is 16.7 Å². The number of pyridine rings is 1. The summed E-state index contributed by atoms with van der Waals surface area (Å²) in [5.74, 6) is 0. The number of hydrogen-bond acceptors (Lipinski definition) is 3. The van der Waals surface area contributed by atoms with Gasteiger partial charge in [0.1, 0.15) is 0 Å². The van der Waals surface area contributed by atoms with Crippen molar-refractivity contribution in [3.8, 4) is 0 Å². The van der Waals surface area contributed by atoms with Crippen LogP contribution in [0.5, 0.6) is 0 Å². The van der Waals surface area contributed by atoms with E-state index in [4.69, 9.17) is 5.73 Å². The molecule has 4 heteroatoms. The molecule has 2 N–H and O–H groups in total. The van der Waals surface area contributed by atoms with Crippen LogP contribution in [0.2, 0.25) is 0 Å². The monoisotopic (exact) mass is 257 g/mol. The molecule has 0 saturated heterocycles. The number of anilines is 2. The van der Waals surface area contributed by atoms with Crippen molar-refractivity contribution in [2.24, 2.45) is 0 Å². The molecule has 0 spiro atoms. The van der Waals surface area contributed by atoms with Gasteiger partial charge in [0.05, 0.1) is 0 Å². The molecule has 0 amide bonds. The van der Waals surface area contributed by atoms with Crippen LogP contribution in [0.3, 0.4) is 0 Å². The first-order valence-corrected chi connectivity index (χ1v) is 6.46. The van der Waals surface area contributed by atoms with Crippen molar-refractivity contribution in [1.29, 1.82) is 0 Å². The van der Waals surface area contributed by atoms with E-state index in [1.165, 1.54) is 0 Å². The molecule has 0 aliphatic heterocycles. The molecular formula is C15H19N3O. The van der Waals surface area contributed by atoms with Gasteiger partial charge in [-0.2, -0.15) is 0 Å². The molecule has 1 aromatic carbocycles. The van der Waals surface area contributed by atoms with Crippen LogP contribution < -0.4 is 16.2 Å². The first-order valence-electron chi connectivity index (χ1n) is 6.46. The van der Waals surface area contributed by atoms with Gasteiger partial charge in [-0.25, -0.2) is 0 Å². The smallest absolute Gasteiger partial charge is 0.250 e. The summed E-state index contributed by atoms with van der Waals surface area (Å²) in [6.07, 6.45) is 1.82. The minimum atomic E-state index is 0.0335. The Bertz CT molecular complexity index is 592. The maximum absolute atomic E-state index is 11.6. The molecular weight excluding hydrogens is 238 g/mol. The quantitative estimate of drug-likeness (QED) is 0.833. The fraction of sp³-hybridized carbons (Fsp3) is 0.267. The Morgan fingerprint density at radius 2 is 2.05 bits per heavy atom. The Kier molecular flexibility index (Phi) is 4.23. The zero-order chi connectivity index (χ0) is 13.7. The van der Waals surface area contributed by atoms with Gasteiger partial charge in [0.2, 0.25) is 0 Å². The molecule has 1 heterocycles. The SMILES string of the molecule is CCN(CCn1ccccc1=O)c1cccc(N)c1. The summed E-state index contributed by atoms with van der Waals surface area (Å²) in [5.41, 5.74) is 7.68. The number of nitrogens with zero attached hydrogens (tertiary/aromatic N) is 2. The summed E-state index contributed by atoms with van der Waals surface area (Å²) in [5, 5.41) is 0. The van der Waals surface area contributed by atoms with Gasteiger partial charge in [-0.15, -0.1) is 0 Å². The normalized spacial score (nSPS) is 10.4. The number of benzene rings is 1. The maximum Gasteiger partial charge on any atom is 0.250 e. The fourth-order valence-corrected chi connectivity index (χ4v) is 2.07. The number of likely N-dealkylation sites (N-methyl/N-ethyl adjacent to an activating group) is 1. The zero-order valence-corrected chi connectivity index (χ0v) is 11.1. The minimum absolute atomic E-state index is 0.0335. The highest BCUT2D eigenvalue weighted by atomic mass is 16.1. The van der Waals surface area contributed by atoms with E-state index < -0.39 is 0 Å². The molecule has 19 heavy (non-hydrogen) atoms. The summed E-state index contributed by atoms with van der Waals surface area (Å²) in [6.45, 7) is 4.42. The number of nitrogens with two attached hydrogens (primary N) is 1. The highest BCUT2D eigenvalue weighted by Gasteiger charge is 2.05. The second-order valence-corrected chi connectivity index (χ2v) is 4.41. The van der Waals surface area contributed by atoms with Crippen LogP contribution in [-0.2, 0) is 6.54 Å². The van der Waals surface area contributed by atoms with Gasteiger partial charge in [0.25, 0.3) is 5.56 Å². The molecule has 100 valence electrons. The summed E-state index contributed by atoms with van der Waals surface area (Å²) in [4.78, 5) is 13.8. The molecule has 0 aliphatic rings. The molecule has 1 aromatic heterocycles. The van der Waals surface area contributed by atoms with Crippen LogP contribution in [0.4, 0.5) is 11.4 Å². The lowest BCUT2D eigenvalue weighted by Crippen LogP contribution is -2.30. The lowest BCUT2D eigenvalue weighted by Gasteiger charge is -2.23. The van der Waals surface area contributed by atoms with Crippen molar-refractivity contribution >= 4 is 11.4 Å². The number of rotatable bonds is 5. The largest absolute Gasteiger partial charge is 0.399 e. The molecule has 0 unspecified atom stereocenters. The highest BCUT2D eigenvalue weighted by molar-refractivity contribution is 5.55. The van der Waals surface area contributed by atoms with Crippen molar-refractivity contribution < 1.29 is 0 Å². The molecule has 0 aliphatic carbocycles. The number of aromatic nitrogens is 1. The van der Waals surface area contributed by atoms with E-state index in [0.717, 1.165) is 24.5 Å². The van der Waals surface area contributed by atoms with Crippen molar-refractivity contribution in [1.82, 2.24) is 4.57 Å². The van der Waals surface area contributed by atoms with E-state index in [0.29, 0.717) is 6.54 Å². The Balaban J connectivity index is 2.08. The van der Waals surface area contributed by atoms with E-state index >= 15 is 0 Å². The third kappa shape index (κ3) is 3.37. The molecule has 4 nitrogen and oxygen atoms in total. The Labute approximate surface area is 113 Å². The van der Waals surface area contributed by atoms with Gasteiger partial charge in [-0.3, -0.25) is 4.79 Å². The van der Waals surface area contributed by atoms with Crippen LogP contribution in [0.1, 0.15) is 6.92 Å².